The Labute approximate surface area is 133 Å². The van der Waals surface area contributed by atoms with Gasteiger partial charge in [-0.3, -0.25) is 4.79 Å². The van der Waals surface area contributed by atoms with E-state index in [0.29, 0.717) is 29.6 Å². The molecule has 0 bridgehead atoms. The summed E-state index contributed by atoms with van der Waals surface area (Å²) in [4.78, 5) is 24.8. The molecule has 0 spiro atoms. The van der Waals surface area contributed by atoms with Gasteiger partial charge in [0.15, 0.2) is 6.10 Å². The molecule has 0 unspecified atom stereocenters. The minimum atomic E-state index is -0.775. The molecule has 1 saturated heterocycles. The fourth-order valence-corrected chi connectivity index (χ4v) is 2.29. The lowest BCUT2D eigenvalue weighted by molar-refractivity contribution is -0.133. The number of ether oxygens (including phenoxy) is 2. The van der Waals surface area contributed by atoms with Crippen LogP contribution in [-0.4, -0.2) is 49.2 Å². The van der Waals surface area contributed by atoms with Crippen molar-refractivity contribution in [3.63, 3.8) is 0 Å². The first-order valence-electron chi connectivity index (χ1n) is 6.90. The molecule has 0 aromatic heterocycles. The van der Waals surface area contributed by atoms with Gasteiger partial charge in [0.2, 0.25) is 5.91 Å². The van der Waals surface area contributed by atoms with Gasteiger partial charge < -0.3 is 25.4 Å². The van der Waals surface area contributed by atoms with Crippen LogP contribution in [-0.2, 0) is 9.53 Å². The lowest BCUT2D eigenvalue weighted by Crippen LogP contribution is -2.51. The van der Waals surface area contributed by atoms with Crippen LogP contribution in [0.15, 0.2) is 18.2 Å². The number of benzene rings is 1. The molecule has 1 heterocycles. The predicted octanol–water partition coefficient (Wildman–Crippen LogP) is 1.46. The molecule has 1 aromatic rings. The number of anilines is 1. The molecule has 1 aliphatic heterocycles. The SMILES string of the molecule is CCOc1ccc(NC(=O)N2CCO[C@H](C(N)=O)C2)cc1Cl. The fraction of sp³-hybridized carbons (Fsp3) is 0.429. The largest absolute Gasteiger partial charge is 0.492 e. The minimum Gasteiger partial charge on any atom is -0.492 e. The number of carbonyl (C=O) groups is 2. The summed E-state index contributed by atoms with van der Waals surface area (Å²) in [7, 11) is 0. The molecule has 0 saturated carbocycles. The highest BCUT2D eigenvalue weighted by molar-refractivity contribution is 6.32. The number of urea groups is 1. The number of morpholine rings is 1. The van der Waals surface area contributed by atoms with Gasteiger partial charge in [-0.15, -0.1) is 0 Å². The fourth-order valence-electron chi connectivity index (χ4n) is 2.06. The zero-order chi connectivity index (χ0) is 16.1. The van der Waals surface area contributed by atoms with E-state index in [9.17, 15) is 9.59 Å². The van der Waals surface area contributed by atoms with Crippen molar-refractivity contribution in [2.24, 2.45) is 5.73 Å². The van der Waals surface area contributed by atoms with Gasteiger partial charge in [-0.2, -0.15) is 0 Å². The van der Waals surface area contributed by atoms with Gasteiger partial charge >= 0.3 is 6.03 Å². The summed E-state index contributed by atoms with van der Waals surface area (Å²) in [5, 5.41) is 3.13. The summed E-state index contributed by atoms with van der Waals surface area (Å²) in [6.07, 6.45) is -0.775. The molecule has 1 fully saturated rings. The second-order valence-electron chi connectivity index (χ2n) is 4.72. The van der Waals surface area contributed by atoms with Gasteiger partial charge in [0.25, 0.3) is 0 Å². The van der Waals surface area contributed by atoms with E-state index in [2.05, 4.69) is 5.32 Å². The van der Waals surface area contributed by atoms with Gasteiger partial charge in [0, 0.05) is 12.2 Å². The second-order valence-corrected chi connectivity index (χ2v) is 5.12. The highest BCUT2D eigenvalue weighted by atomic mass is 35.5. The molecule has 2 rings (SSSR count). The number of hydrogen-bond donors (Lipinski definition) is 2. The molecule has 120 valence electrons. The predicted molar refractivity (Wildman–Crippen MR) is 82.1 cm³/mol. The smallest absolute Gasteiger partial charge is 0.322 e. The summed E-state index contributed by atoms with van der Waals surface area (Å²) < 4.78 is 10.5. The molecule has 0 aliphatic carbocycles. The Hall–Kier alpha value is -1.99. The summed E-state index contributed by atoms with van der Waals surface area (Å²) >= 11 is 6.07. The third kappa shape index (κ3) is 4.02. The third-order valence-corrected chi connectivity index (χ3v) is 3.45. The molecule has 22 heavy (non-hydrogen) atoms. The molecule has 3 amide bonds. The molecule has 7 nitrogen and oxygen atoms in total. The summed E-state index contributed by atoms with van der Waals surface area (Å²) in [6.45, 7) is 3.16. The van der Waals surface area contributed by atoms with Crippen molar-refractivity contribution in [1.82, 2.24) is 4.90 Å². The topological polar surface area (TPSA) is 93.9 Å². The van der Waals surface area contributed by atoms with E-state index in [-0.39, 0.29) is 19.2 Å². The van der Waals surface area contributed by atoms with Gasteiger partial charge in [-0.1, -0.05) is 11.6 Å². The average Bonchev–Trinajstić information content (AvgIpc) is 2.50. The van der Waals surface area contributed by atoms with Gasteiger partial charge in [0.1, 0.15) is 5.75 Å². The number of nitrogens with two attached hydrogens (primary N) is 1. The first-order chi connectivity index (χ1) is 10.5. The minimum absolute atomic E-state index is 0.131. The first-order valence-corrected chi connectivity index (χ1v) is 7.28. The maximum absolute atomic E-state index is 12.2. The normalized spacial score (nSPS) is 17.9. The van der Waals surface area contributed by atoms with Crippen LogP contribution in [0, 0.1) is 0 Å². The van der Waals surface area contributed by atoms with Gasteiger partial charge in [-0.25, -0.2) is 4.79 Å². The van der Waals surface area contributed by atoms with Crippen LogP contribution in [0.25, 0.3) is 0 Å². The molecule has 8 heteroatoms. The van der Waals surface area contributed by atoms with Crippen LogP contribution in [0.1, 0.15) is 6.92 Å². The standard InChI is InChI=1S/C14H18ClN3O4/c1-2-21-11-4-3-9(7-10(11)15)17-14(20)18-5-6-22-12(8-18)13(16)19/h3-4,7,12H,2,5-6,8H2,1H3,(H2,16,19)(H,17,20)/t12-/m0/s1. The van der Waals surface area contributed by atoms with Crippen molar-refractivity contribution >= 4 is 29.2 Å². The van der Waals surface area contributed by atoms with Crippen LogP contribution in [0.2, 0.25) is 5.02 Å². The van der Waals surface area contributed by atoms with Crippen LogP contribution in [0.4, 0.5) is 10.5 Å². The maximum Gasteiger partial charge on any atom is 0.322 e. The van der Waals surface area contributed by atoms with E-state index < -0.39 is 12.0 Å². The molecule has 1 atom stereocenters. The lowest BCUT2D eigenvalue weighted by Gasteiger charge is -2.31. The number of nitrogens with zero attached hydrogens (tertiary/aromatic N) is 1. The van der Waals surface area contributed by atoms with Crippen molar-refractivity contribution in [2.45, 2.75) is 13.0 Å². The highest BCUT2D eigenvalue weighted by Crippen LogP contribution is 2.27. The maximum atomic E-state index is 12.2. The van der Waals surface area contributed by atoms with Gasteiger partial charge in [0.05, 0.1) is 24.8 Å². The number of amides is 3. The average molecular weight is 328 g/mol. The van der Waals surface area contributed by atoms with Crippen LogP contribution < -0.4 is 15.8 Å². The lowest BCUT2D eigenvalue weighted by atomic mass is 10.2. The Bertz CT molecular complexity index is 567. The van der Waals surface area contributed by atoms with Crippen molar-refractivity contribution in [2.75, 3.05) is 31.6 Å². The Morgan fingerprint density at radius 2 is 2.32 bits per heavy atom. The number of halogens is 1. The molecule has 0 radical (unpaired) electrons. The zero-order valence-corrected chi connectivity index (χ0v) is 12.9. The van der Waals surface area contributed by atoms with Crippen molar-refractivity contribution in [1.29, 1.82) is 0 Å². The van der Waals surface area contributed by atoms with E-state index in [0.717, 1.165) is 0 Å². The van der Waals surface area contributed by atoms with E-state index in [1.807, 2.05) is 6.92 Å². The number of rotatable bonds is 4. The number of primary amides is 1. The highest BCUT2D eigenvalue weighted by Gasteiger charge is 2.27. The summed E-state index contributed by atoms with van der Waals surface area (Å²) in [6, 6.07) is 4.65. The zero-order valence-electron chi connectivity index (χ0n) is 12.2. The summed E-state index contributed by atoms with van der Waals surface area (Å²) in [5.74, 6) is -0.0241. The van der Waals surface area contributed by atoms with Crippen molar-refractivity contribution in [3.05, 3.63) is 23.2 Å². The molecular weight excluding hydrogens is 310 g/mol. The quantitative estimate of drug-likeness (QED) is 0.875. The third-order valence-electron chi connectivity index (χ3n) is 3.15. The van der Waals surface area contributed by atoms with Crippen LogP contribution in [0.3, 0.4) is 0 Å². The Kier molecular flexibility index (Phi) is 5.46. The monoisotopic (exact) mass is 327 g/mol. The Balaban J connectivity index is 1.99. The van der Waals surface area contributed by atoms with Gasteiger partial charge in [-0.05, 0) is 25.1 Å². The van der Waals surface area contributed by atoms with E-state index in [1.54, 1.807) is 18.2 Å². The molecular formula is C14H18ClN3O4. The number of carbonyl (C=O) groups excluding carboxylic acids is 2. The van der Waals surface area contributed by atoms with Crippen LogP contribution >= 0.6 is 11.6 Å². The van der Waals surface area contributed by atoms with Crippen LogP contribution in [0.5, 0.6) is 5.75 Å². The van der Waals surface area contributed by atoms with E-state index in [1.165, 1.54) is 4.90 Å². The summed E-state index contributed by atoms with van der Waals surface area (Å²) in [5.41, 5.74) is 5.74. The number of hydrogen-bond acceptors (Lipinski definition) is 4. The van der Waals surface area contributed by atoms with Crippen molar-refractivity contribution < 1.29 is 19.1 Å². The second kappa shape index (κ2) is 7.33. The Morgan fingerprint density at radius 3 is 2.95 bits per heavy atom. The molecule has 1 aliphatic rings. The van der Waals surface area contributed by atoms with E-state index >= 15 is 0 Å². The molecule has 3 N–H and O–H groups in total. The first kappa shape index (κ1) is 16.4. The van der Waals surface area contributed by atoms with Crippen molar-refractivity contribution in [3.8, 4) is 5.75 Å². The number of nitrogens with one attached hydrogen (secondary N) is 1. The Morgan fingerprint density at radius 1 is 1.55 bits per heavy atom. The van der Waals surface area contributed by atoms with E-state index in [4.69, 9.17) is 26.8 Å². The molecule has 1 aromatic carbocycles.